The molecule has 1 amide bonds. The zero-order valence-electron chi connectivity index (χ0n) is 8.81. The summed E-state index contributed by atoms with van der Waals surface area (Å²) in [5.41, 5.74) is -1.23. The molecule has 0 spiro atoms. The second kappa shape index (κ2) is 4.89. The Bertz CT molecular complexity index is 222. The molecule has 6 nitrogen and oxygen atoms in total. The molecule has 1 heterocycles. The highest BCUT2D eigenvalue weighted by Crippen LogP contribution is 2.22. The Kier molecular flexibility index (Phi) is 4.04. The number of rotatable bonds is 5. The third kappa shape index (κ3) is 1.98. The maximum Gasteiger partial charge on any atom is 0.240 e. The Morgan fingerprint density at radius 3 is 2.27 bits per heavy atom. The summed E-state index contributed by atoms with van der Waals surface area (Å²) in [6.45, 7) is -0.890. The van der Waals surface area contributed by atoms with Crippen molar-refractivity contribution in [3.63, 3.8) is 0 Å². The molecule has 6 heteroatoms. The maximum absolute atomic E-state index is 11.8. The quantitative estimate of drug-likeness (QED) is 0.410. The molecule has 0 aromatic rings. The highest BCUT2D eigenvalue weighted by molar-refractivity contribution is 5.84. The first-order valence-electron chi connectivity index (χ1n) is 4.96. The van der Waals surface area contributed by atoms with Crippen molar-refractivity contribution in [1.29, 1.82) is 0 Å². The summed E-state index contributed by atoms with van der Waals surface area (Å²) in [5.74, 6) is -0.186. The number of nitrogens with one attached hydrogen (secondary N) is 1. The molecule has 0 bridgehead atoms. The lowest BCUT2D eigenvalue weighted by Crippen LogP contribution is -2.59. The van der Waals surface area contributed by atoms with Crippen molar-refractivity contribution in [1.82, 2.24) is 10.2 Å². The third-order valence-corrected chi connectivity index (χ3v) is 3.01. The maximum atomic E-state index is 11.8. The van der Waals surface area contributed by atoms with Gasteiger partial charge >= 0.3 is 0 Å². The molecule has 1 aliphatic heterocycles. The molecule has 1 rings (SSSR count). The summed E-state index contributed by atoms with van der Waals surface area (Å²) >= 11 is 0. The van der Waals surface area contributed by atoms with E-state index in [2.05, 4.69) is 5.32 Å². The molecule has 1 unspecified atom stereocenters. The second-order valence-corrected chi connectivity index (χ2v) is 3.82. The van der Waals surface area contributed by atoms with Crippen LogP contribution in [0.1, 0.15) is 6.42 Å². The number of carbonyl (C=O) groups is 1. The van der Waals surface area contributed by atoms with Crippen LogP contribution in [-0.2, 0) is 4.79 Å². The second-order valence-electron chi connectivity index (χ2n) is 3.82. The van der Waals surface area contributed by atoms with Gasteiger partial charge in [-0.05, 0) is 13.5 Å². The summed E-state index contributed by atoms with van der Waals surface area (Å²) in [4.78, 5) is 13.1. The van der Waals surface area contributed by atoms with Crippen molar-refractivity contribution < 1.29 is 20.1 Å². The molecule has 1 fully saturated rings. The van der Waals surface area contributed by atoms with E-state index in [1.165, 1.54) is 4.90 Å². The van der Waals surface area contributed by atoms with Crippen molar-refractivity contribution in [3.05, 3.63) is 0 Å². The van der Waals surface area contributed by atoms with Crippen LogP contribution in [0, 0.1) is 0 Å². The van der Waals surface area contributed by atoms with Crippen molar-refractivity contribution in [3.8, 4) is 0 Å². The zero-order valence-corrected chi connectivity index (χ0v) is 8.81. The lowest BCUT2D eigenvalue weighted by atomic mass is 10.0. The van der Waals surface area contributed by atoms with E-state index in [0.717, 1.165) is 0 Å². The van der Waals surface area contributed by atoms with Gasteiger partial charge in [-0.15, -0.1) is 0 Å². The number of hydrogen-bond donors (Lipinski definition) is 4. The van der Waals surface area contributed by atoms with Crippen LogP contribution in [0.25, 0.3) is 0 Å². The Hall–Kier alpha value is -0.690. The largest absolute Gasteiger partial charge is 0.394 e. The number of likely N-dealkylation sites (tertiary alicyclic amines) is 1. The lowest BCUT2D eigenvalue weighted by Gasteiger charge is -2.37. The smallest absolute Gasteiger partial charge is 0.240 e. The predicted octanol–water partition coefficient (Wildman–Crippen LogP) is -2.48. The molecular formula is C9H18N2O4. The SMILES string of the molecule is CNC1CCN(C(CO)(CO)CO)C1=O. The minimum absolute atomic E-state index is 0.186. The predicted molar refractivity (Wildman–Crippen MR) is 53.2 cm³/mol. The first-order chi connectivity index (χ1) is 7.15. The van der Waals surface area contributed by atoms with Gasteiger partial charge in [0.05, 0.1) is 25.9 Å². The Labute approximate surface area is 88.5 Å². The summed E-state index contributed by atoms with van der Waals surface area (Å²) in [6.07, 6.45) is 0.622. The molecule has 1 saturated heterocycles. The number of nitrogens with zero attached hydrogens (tertiary/aromatic N) is 1. The third-order valence-electron chi connectivity index (χ3n) is 3.01. The average Bonchev–Trinajstić information content (AvgIpc) is 2.64. The number of hydrogen-bond acceptors (Lipinski definition) is 5. The van der Waals surface area contributed by atoms with Crippen LogP contribution < -0.4 is 5.32 Å². The lowest BCUT2D eigenvalue weighted by molar-refractivity contribution is -0.141. The molecule has 0 aliphatic carbocycles. The zero-order chi connectivity index (χ0) is 11.5. The minimum Gasteiger partial charge on any atom is -0.394 e. The fourth-order valence-corrected chi connectivity index (χ4v) is 1.82. The van der Waals surface area contributed by atoms with E-state index in [-0.39, 0.29) is 11.9 Å². The van der Waals surface area contributed by atoms with Crippen LogP contribution in [0.3, 0.4) is 0 Å². The van der Waals surface area contributed by atoms with Gasteiger partial charge in [0.1, 0.15) is 5.54 Å². The molecule has 0 radical (unpaired) electrons. The van der Waals surface area contributed by atoms with E-state index in [0.29, 0.717) is 13.0 Å². The monoisotopic (exact) mass is 218 g/mol. The van der Waals surface area contributed by atoms with Crippen LogP contribution in [-0.4, -0.2) is 71.1 Å². The number of amides is 1. The van der Waals surface area contributed by atoms with Gasteiger partial charge in [-0.25, -0.2) is 0 Å². The van der Waals surface area contributed by atoms with Gasteiger partial charge in [-0.1, -0.05) is 0 Å². The van der Waals surface area contributed by atoms with Crippen LogP contribution in [0.4, 0.5) is 0 Å². The number of aliphatic hydroxyl groups excluding tert-OH is 3. The summed E-state index contributed by atoms with van der Waals surface area (Å²) in [6, 6.07) is -0.283. The summed E-state index contributed by atoms with van der Waals surface area (Å²) in [7, 11) is 1.69. The fraction of sp³-hybridized carbons (Fsp3) is 0.889. The van der Waals surface area contributed by atoms with Gasteiger partial charge in [0.25, 0.3) is 0 Å². The molecule has 15 heavy (non-hydrogen) atoms. The average molecular weight is 218 g/mol. The molecule has 4 N–H and O–H groups in total. The van der Waals surface area contributed by atoms with Crippen molar-refractivity contribution in [2.75, 3.05) is 33.4 Å². The standard InChI is InChI=1S/C9H18N2O4/c1-10-7-2-3-11(8(7)15)9(4-12,5-13)6-14/h7,10,12-14H,2-6H2,1H3. The van der Waals surface area contributed by atoms with Crippen molar-refractivity contribution in [2.45, 2.75) is 18.0 Å². The van der Waals surface area contributed by atoms with Crippen LogP contribution in [0.2, 0.25) is 0 Å². The van der Waals surface area contributed by atoms with E-state index in [4.69, 9.17) is 0 Å². The number of aliphatic hydroxyl groups is 3. The van der Waals surface area contributed by atoms with Crippen molar-refractivity contribution in [2.24, 2.45) is 0 Å². The Morgan fingerprint density at radius 2 is 1.93 bits per heavy atom. The van der Waals surface area contributed by atoms with E-state index >= 15 is 0 Å². The van der Waals surface area contributed by atoms with Gasteiger partial charge in [-0.3, -0.25) is 4.79 Å². The number of carbonyl (C=O) groups excluding carboxylic acids is 1. The van der Waals surface area contributed by atoms with Gasteiger partial charge in [-0.2, -0.15) is 0 Å². The summed E-state index contributed by atoms with van der Waals surface area (Å²) in [5, 5.41) is 30.4. The fourth-order valence-electron chi connectivity index (χ4n) is 1.82. The van der Waals surface area contributed by atoms with E-state index in [1.54, 1.807) is 7.05 Å². The molecule has 88 valence electrons. The molecular weight excluding hydrogens is 200 g/mol. The van der Waals surface area contributed by atoms with Crippen molar-refractivity contribution >= 4 is 5.91 Å². The van der Waals surface area contributed by atoms with Crippen LogP contribution in [0.5, 0.6) is 0 Å². The van der Waals surface area contributed by atoms with E-state index in [9.17, 15) is 20.1 Å². The first-order valence-corrected chi connectivity index (χ1v) is 4.96. The Balaban J connectivity index is 2.83. The highest BCUT2D eigenvalue weighted by Gasteiger charge is 2.44. The van der Waals surface area contributed by atoms with Gasteiger partial charge < -0.3 is 25.5 Å². The van der Waals surface area contributed by atoms with Gasteiger partial charge in [0.2, 0.25) is 5.91 Å². The molecule has 1 atom stereocenters. The summed E-state index contributed by atoms with van der Waals surface area (Å²) < 4.78 is 0. The molecule has 0 saturated carbocycles. The van der Waals surface area contributed by atoms with Crippen LogP contribution >= 0.6 is 0 Å². The van der Waals surface area contributed by atoms with Gasteiger partial charge in [0.15, 0.2) is 0 Å². The minimum atomic E-state index is -1.23. The van der Waals surface area contributed by atoms with Gasteiger partial charge in [0, 0.05) is 6.54 Å². The first kappa shape index (κ1) is 12.4. The molecule has 0 aromatic carbocycles. The normalized spacial score (nSPS) is 22.5. The Morgan fingerprint density at radius 1 is 1.40 bits per heavy atom. The molecule has 1 aliphatic rings. The topological polar surface area (TPSA) is 93.0 Å². The van der Waals surface area contributed by atoms with E-state index < -0.39 is 25.4 Å². The van der Waals surface area contributed by atoms with E-state index in [1.807, 2.05) is 0 Å². The van der Waals surface area contributed by atoms with Crippen LogP contribution in [0.15, 0.2) is 0 Å². The molecule has 0 aromatic heterocycles. The highest BCUT2D eigenvalue weighted by atomic mass is 16.3. The number of likely N-dealkylation sites (N-methyl/N-ethyl adjacent to an activating group) is 1.